The topological polar surface area (TPSA) is 91.5 Å². The minimum absolute atomic E-state index is 0.541. The minimum Gasteiger partial charge on any atom is -0.493 e. The molecule has 7 nitrogen and oxygen atoms in total. The van der Waals surface area contributed by atoms with Gasteiger partial charge in [-0.15, -0.1) is 5.10 Å². The summed E-state index contributed by atoms with van der Waals surface area (Å²) in [6.07, 6.45) is 6.50. The molecule has 0 spiro atoms. The normalized spacial score (nSPS) is 16.9. The van der Waals surface area contributed by atoms with E-state index in [1.165, 1.54) is 19.3 Å². The summed E-state index contributed by atoms with van der Waals surface area (Å²) in [7, 11) is 0. The smallest absolute Gasteiger partial charge is 0.129 e. The first-order valence-electron chi connectivity index (χ1n) is 10.2. The van der Waals surface area contributed by atoms with Crippen molar-refractivity contribution < 1.29 is 4.74 Å². The number of fused-ring (bicyclic) bond motifs is 1. The van der Waals surface area contributed by atoms with Crippen LogP contribution < -0.4 is 10.1 Å². The molecular formula is C22H24N6O. The van der Waals surface area contributed by atoms with Crippen LogP contribution in [0.15, 0.2) is 48.7 Å². The maximum Gasteiger partial charge on any atom is 0.129 e. The summed E-state index contributed by atoms with van der Waals surface area (Å²) in [5.41, 5.74) is 4.76. The van der Waals surface area contributed by atoms with Crippen LogP contribution in [-0.2, 0) is 0 Å². The number of hydrogen-bond acceptors (Lipinski definition) is 5. The van der Waals surface area contributed by atoms with Gasteiger partial charge in [-0.05, 0) is 44.0 Å². The number of piperidine rings is 1. The van der Waals surface area contributed by atoms with Crippen molar-refractivity contribution in [3.05, 3.63) is 48.7 Å². The number of nitrogens with zero attached hydrogens (tertiary/aromatic N) is 3. The van der Waals surface area contributed by atoms with Crippen LogP contribution in [0.25, 0.3) is 33.4 Å². The van der Waals surface area contributed by atoms with Crippen LogP contribution in [0.2, 0.25) is 0 Å². The summed E-state index contributed by atoms with van der Waals surface area (Å²) in [6, 6.07) is 14.9. The van der Waals surface area contributed by atoms with Crippen LogP contribution in [0.3, 0.4) is 0 Å². The number of hydrogen-bond donors (Lipinski definition) is 3. The Labute approximate surface area is 168 Å². The summed E-state index contributed by atoms with van der Waals surface area (Å²) in [5, 5.41) is 23.0. The van der Waals surface area contributed by atoms with Crippen molar-refractivity contribution in [2.45, 2.75) is 31.7 Å². The van der Waals surface area contributed by atoms with E-state index in [1.54, 1.807) is 6.20 Å². The fraction of sp³-hybridized carbons (Fsp3) is 0.318. The minimum atomic E-state index is 0.541. The van der Waals surface area contributed by atoms with Crippen LogP contribution >= 0.6 is 0 Å². The lowest BCUT2D eigenvalue weighted by Gasteiger charge is -2.23. The quantitative estimate of drug-likeness (QED) is 0.466. The molecule has 3 N–H and O–H groups in total. The second-order valence-corrected chi connectivity index (χ2v) is 7.48. The molecule has 1 aliphatic heterocycles. The average molecular weight is 388 g/mol. The zero-order chi connectivity index (χ0) is 19.5. The third kappa shape index (κ3) is 3.73. The van der Waals surface area contributed by atoms with Gasteiger partial charge in [-0.25, -0.2) is 0 Å². The van der Waals surface area contributed by atoms with Gasteiger partial charge in [0, 0.05) is 22.6 Å². The van der Waals surface area contributed by atoms with E-state index in [4.69, 9.17) is 4.74 Å². The van der Waals surface area contributed by atoms with E-state index in [0.29, 0.717) is 12.6 Å². The van der Waals surface area contributed by atoms with Gasteiger partial charge in [0.15, 0.2) is 0 Å². The van der Waals surface area contributed by atoms with Crippen LogP contribution in [0, 0.1) is 0 Å². The molecule has 3 heterocycles. The van der Waals surface area contributed by atoms with Gasteiger partial charge < -0.3 is 10.1 Å². The molecule has 2 aromatic heterocycles. The van der Waals surface area contributed by atoms with E-state index in [9.17, 15) is 0 Å². The van der Waals surface area contributed by atoms with Gasteiger partial charge in [0.1, 0.15) is 11.4 Å². The highest BCUT2D eigenvalue weighted by atomic mass is 16.5. The molecule has 7 heteroatoms. The number of H-pyrrole nitrogens is 2. The third-order valence-corrected chi connectivity index (χ3v) is 5.57. The van der Waals surface area contributed by atoms with Gasteiger partial charge in [0.2, 0.25) is 0 Å². The Bertz CT molecular complexity index is 1080. The second-order valence-electron chi connectivity index (χ2n) is 7.48. The molecule has 2 aromatic carbocycles. The zero-order valence-corrected chi connectivity index (χ0v) is 16.2. The molecule has 0 radical (unpaired) electrons. The van der Waals surface area contributed by atoms with Crippen LogP contribution in [0.1, 0.15) is 25.7 Å². The van der Waals surface area contributed by atoms with Crippen molar-refractivity contribution in [3.8, 4) is 28.3 Å². The van der Waals surface area contributed by atoms with Crippen molar-refractivity contribution >= 4 is 10.9 Å². The Morgan fingerprint density at radius 3 is 2.90 bits per heavy atom. The maximum absolute atomic E-state index is 6.26. The predicted molar refractivity (Wildman–Crippen MR) is 113 cm³/mol. The zero-order valence-electron chi connectivity index (χ0n) is 16.2. The van der Waals surface area contributed by atoms with E-state index >= 15 is 0 Å². The Morgan fingerprint density at radius 1 is 1.07 bits per heavy atom. The van der Waals surface area contributed by atoms with Crippen molar-refractivity contribution in [1.82, 2.24) is 30.9 Å². The molecule has 5 rings (SSSR count). The number of benzene rings is 2. The van der Waals surface area contributed by atoms with Crippen molar-refractivity contribution in [2.75, 3.05) is 13.2 Å². The second kappa shape index (κ2) is 8.05. The molecule has 0 bridgehead atoms. The molecule has 0 amide bonds. The number of aromatic nitrogens is 5. The summed E-state index contributed by atoms with van der Waals surface area (Å²) in [5.74, 6) is 0.816. The monoisotopic (exact) mass is 388 g/mol. The molecule has 148 valence electrons. The number of ether oxygens (including phenoxy) is 1. The van der Waals surface area contributed by atoms with Crippen LogP contribution in [0.5, 0.6) is 5.75 Å². The largest absolute Gasteiger partial charge is 0.493 e. The molecule has 29 heavy (non-hydrogen) atoms. The van der Waals surface area contributed by atoms with Gasteiger partial charge in [-0.1, -0.05) is 35.9 Å². The Hall–Kier alpha value is -3.19. The van der Waals surface area contributed by atoms with Crippen LogP contribution in [0.4, 0.5) is 0 Å². The van der Waals surface area contributed by atoms with Gasteiger partial charge in [-0.3, -0.25) is 10.2 Å². The standard InChI is InChI=1S/C22H24N6O/c1-2-7-19-18(6-1)22(27-25-19)15-8-9-17(20-14-24-28-26-20)21(13-15)29-12-10-16-5-3-4-11-23-16/h1-2,6-9,13-14,16,23H,3-5,10-12H2,(H,25,27)(H,24,26,28). The van der Waals surface area contributed by atoms with E-state index in [-0.39, 0.29) is 0 Å². The van der Waals surface area contributed by atoms with Gasteiger partial charge in [-0.2, -0.15) is 5.10 Å². The molecule has 1 fully saturated rings. The van der Waals surface area contributed by atoms with Gasteiger partial charge >= 0.3 is 0 Å². The van der Waals surface area contributed by atoms with E-state index in [2.05, 4.69) is 49.1 Å². The molecule has 1 unspecified atom stereocenters. The van der Waals surface area contributed by atoms with E-state index < -0.39 is 0 Å². The van der Waals surface area contributed by atoms with Gasteiger partial charge in [0.25, 0.3) is 0 Å². The lowest BCUT2D eigenvalue weighted by atomic mass is 10.0. The molecule has 1 saturated heterocycles. The number of nitrogens with one attached hydrogen (secondary N) is 3. The SMILES string of the molecule is c1ccc2c(-c3ccc(-c4cnn[nH]4)c(OCCC4CCCCN4)c3)n[nH]c2c1. The third-order valence-electron chi connectivity index (χ3n) is 5.57. The highest BCUT2D eigenvalue weighted by molar-refractivity contribution is 5.93. The fourth-order valence-corrected chi connectivity index (χ4v) is 4.00. The molecule has 1 atom stereocenters. The molecule has 0 saturated carbocycles. The average Bonchev–Trinajstić information content (AvgIpc) is 3.45. The Kier molecular flexibility index (Phi) is 4.96. The molecular weight excluding hydrogens is 364 g/mol. The summed E-state index contributed by atoms with van der Waals surface area (Å²) < 4.78 is 6.26. The van der Waals surface area contributed by atoms with Crippen molar-refractivity contribution in [2.24, 2.45) is 0 Å². The highest BCUT2D eigenvalue weighted by Gasteiger charge is 2.16. The number of para-hydroxylation sites is 1. The van der Waals surface area contributed by atoms with E-state index in [1.807, 2.05) is 24.3 Å². The lowest BCUT2D eigenvalue weighted by Crippen LogP contribution is -2.35. The fourth-order valence-electron chi connectivity index (χ4n) is 4.00. The van der Waals surface area contributed by atoms with Crippen molar-refractivity contribution in [3.63, 3.8) is 0 Å². The van der Waals surface area contributed by atoms with E-state index in [0.717, 1.165) is 52.1 Å². The number of aromatic amines is 2. The maximum atomic E-state index is 6.26. The molecule has 4 aromatic rings. The van der Waals surface area contributed by atoms with Gasteiger partial charge in [0.05, 0.1) is 24.0 Å². The first kappa shape index (κ1) is 17.9. The van der Waals surface area contributed by atoms with Crippen molar-refractivity contribution in [1.29, 1.82) is 0 Å². The first-order chi connectivity index (χ1) is 14.4. The summed E-state index contributed by atoms with van der Waals surface area (Å²) >= 11 is 0. The molecule has 1 aliphatic rings. The first-order valence-corrected chi connectivity index (χ1v) is 10.2. The number of rotatable bonds is 6. The lowest BCUT2D eigenvalue weighted by molar-refractivity contribution is 0.269. The van der Waals surface area contributed by atoms with Crippen LogP contribution in [-0.4, -0.2) is 44.8 Å². The highest BCUT2D eigenvalue weighted by Crippen LogP contribution is 2.35. The molecule has 0 aliphatic carbocycles. The summed E-state index contributed by atoms with van der Waals surface area (Å²) in [6.45, 7) is 1.77. The predicted octanol–water partition coefficient (Wildman–Crippen LogP) is 3.93. The Morgan fingerprint density at radius 2 is 2.03 bits per heavy atom. The Balaban J connectivity index is 1.44. The summed E-state index contributed by atoms with van der Waals surface area (Å²) in [4.78, 5) is 0.